The molecular formula is C16H13ClN6O. The number of aromatic nitrogens is 6. The number of benzene rings is 1. The average molecular weight is 341 g/mol. The Kier molecular flexibility index (Phi) is 3.31. The number of halogens is 1. The number of nitrogens with zero attached hydrogens (tertiary/aromatic N) is 6. The molecule has 0 unspecified atom stereocenters. The van der Waals surface area contributed by atoms with Gasteiger partial charge in [0, 0.05) is 17.6 Å². The van der Waals surface area contributed by atoms with Crippen molar-refractivity contribution in [3.05, 3.63) is 57.2 Å². The zero-order chi connectivity index (χ0) is 16.8. The fraction of sp³-hybridized carbons (Fsp3) is 0.188. The summed E-state index contributed by atoms with van der Waals surface area (Å²) in [5.74, 6) is 1.04. The fourth-order valence-electron chi connectivity index (χ4n) is 2.53. The van der Waals surface area contributed by atoms with Crippen molar-refractivity contribution in [2.45, 2.75) is 20.3 Å². The van der Waals surface area contributed by atoms with Gasteiger partial charge in [-0.1, -0.05) is 24.6 Å². The van der Waals surface area contributed by atoms with Gasteiger partial charge in [-0.3, -0.25) is 9.36 Å². The number of hydrogen-bond donors (Lipinski definition) is 0. The minimum Gasteiger partial charge on any atom is -0.282 e. The largest absolute Gasteiger partial charge is 0.285 e. The van der Waals surface area contributed by atoms with Crippen LogP contribution in [0.15, 0.2) is 35.3 Å². The number of aryl methyl sites for hydroxylation is 2. The molecule has 4 aromatic rings. The van der Waals surface area contributed by atoms with Gasteiger partial charge in [0.25, 0.3) is 11.3 Å². The van der Waals surface area contributed by atoms with Crippen LogP contribution in [0.4, 0.5) is 0 Å². The van der Waals surface area contributed by atoms with Crippen molar-refractivity contribution in [3.63, 3.8) is 0 Å². The molecule has 24 heavy (non-hydrogen) atoms. The highest BCUT2D eigenvalue weighted by atomic mass is 35.5. The maximum absolute atomic E-state index is 12.8. The molecule has 0 saturated carbocycles. The molecule has 0 aliphatic heterocycles. The van der Waals surface area contributed by atoms with E-state index in [0.29, 0.717) is 34.2 Å². The first kappa shape index (κ1) is 14.8. The molecule has 0 atom stereocenters. The van der Waals surface area contributed by atoms with E-state index in [1.54, 1.807) is 22.8 Å². The molecule has 120 valence electrons. The second-order valence-corrected chi connectivity index (χ2v) is 5.86. The van der Waals surface area contributed by atoms with Crippen LogP contribution in [0, 0.1) is 6.92 Å². The van der Waals surface area contributed by atoms with Crippen molar-refractivity contribution in [2.75, 3.05) is 0 Å². The molecule has 0 spiro atoms. The molecule has 8 heteroatoms. The third-order valence-corrected chi connectivity index (χ3v) is 4.30. The van der Waals surface area contributed by atoms with E-state index in [-0.39, 0.29) is 11.1 Å². The summed E-state index contributed by atoms with van der Waals surface area (Å²) in [7, 11) is 0. The van der Waals surface area contributed by atoms with Crippen LogP contribution in [0.25, 0.3) is 22.5 Å². The first-order chi connectivity index (χ1) is 11.6. The summed E-state index contributed by atoms with van der Waals surface area (Å²) >= 11 is 6.17. The van der Waals surface area contributed by atoms with Gasteiger partial charge in [-0.25, -0.2) is 0 Å². The van der Waals surface area contributed by atoms with Gasteiger partial charge < -0.3 is 0 Å². The van der Waals surface area contributed by atoms with Crippen LogP contribution >= 0.6 is 11.6 Å². The summed E-state index contributed by atoms with van der Waals surface area (Å²) in [6.07, 6.45) is 2.36. The van der Waals surface area contributed by atoms with Crippen molar-refractivity contribution in [3.8, 4) is 5.69 Å². The molecule has 0 bridgehead atoms. The first-order valence-electron chi connectivity index (χ1n) is 7.48. The van der Waals surface area contributed by atoms with Crippen LogP contribution < -0.4 is 5.56 Å². The van der Waals surface area contributed by atoms with Crippen molar-refractivity contribution in [1.29, 1.82) is 0 Å². The molecule has 4 rings (SSSR count). The van der Waals surface area contributed by atoms with Gasteiger partial charge in [-0.05, 0) is 30.7 Å². The Morgan fingerprint density at radius 1 is 1.21 bits per heavy atom. The predicted octanol–water partition coefficient (Wildman–Crippen LogP) is 2.35. The number of fused-ring (bicyclic) bond motifs is 3. The Morgan fingerprint density at radius 3 is 2.79 bits per heavy atom. The number of pyridine rings is 1. The quantitative estimate of drug-likeness (QED) is 0.559. The maximum Gasteiger partial charge on any atom is 0.285 e. The van der Waals surface area contributed by atoms with Gasteiger partial charge in [-0.15, -0.1) is 15.3 Å². The standard InChI is InChI=1S/C16H13ClN6O/c1-3-13-18-16-20-19-14-12(23(16)21-13)6-7-22(15(14)24)10-5-4-9(2)11(17)8-10/h4-8H,3H2,1-2H3. The minimum absolute atomic E-state index is 0.231. The average Bonchev–Trinajstić information content (AvgIpc) is 3.01. The van der Waals surface area contributed by atoms with Crippen molar-refractivity contribution < 1.29 is 0 Å². The highest BCUT2D eigenvalue weighted by molar-refractivity contribution is 6.31. The Hall–Kier alpha value is -2.80. The van der Waals surface area contributed by atoms with Crippen LogP contribution in [0.3, 0.4) is 0 Å². The van der Waals surface area contributed by atoms with Gasteiger partial charge in [0.1, 0.15) is 5.52 Å². The molecule has 0 radical (unpaired) electrons. The lowest BCUT2D eigenvalue weighted by Gasteiger charge is -2.08. The normalized spacial score (nSPS) is 11.5. The summed E-state index contributed by atoms with van der Waals surface area (Å²) in [6.45, 7) is 3.87. The molecule has 1 aromatic carbocycles. The number of rotatable bonds is 2. The van der Waals surface area contributed by atoms with Crippen LogP contribution in [0.2, 0.25) is 5.02 Å². The van der Waals surface area contributed by atoms with Crippen molar-refractivity contribution >= 4 is 28.4 Å². The highest BCUT2D eigenvalue weighted by Gasteiger charge is 2.13. The van der Waals surface area contributed by atoms with Crippen LogP contribution in [0.5, 0.6) is 0 Å². The molecular weight excluding hydrogens is 328 g/mol. The molecule has 0 N–H and O–H groups in total. The monoisotopic (exact) mass is 340 g/mol. The van der Waals surface area contributed by atoms with Crippen LogP contribution in [-0.4, -0.2) is 29.4 Å². The lowest BCUT2D eigenvalue weighted by Crippen LogP contribution is -2.20. The van der Waals surface area contributed by atoms with E-state index in [2.05, 4.69) is 20.3 Å². The second-order valence-electron chi connectivity index (χ2n) is 5.45. The Bertz CT molecular complexity index is 1150. The lowest BCUT2D eigenvalue weighted by molar-refractivity contribution is 0.883. The Morgan fingerprint density at radius 2 is 2.04 bits per heavy atom. The summed E-state index contributed by atoms with van der Waals surface area (Å²) in [6, 6.07) is 7.24. The zero-order valence-electron chi connectivity index (χ0n) is 13.1. The number of hydrogen-bond acceptors (Lipinski definition) is 5. The molecule has 0 saturated heterocycles. The summed E-state index contributed by atoms with van der Waals surface area (Å²) < 4.78 is 3.04. The molecule has 0 aliphatic rings. The Balaban J connectivity index is 1.99. The molecule has 3 heterocycles. The lowest BCUT2D eigenvalue weighted by atomic mass is 10.2. The van der Waals surface area contributed by atoms with E-state index in [0.717, 1.165) is 5.56 Å². The van der Waals surface area contributed by atoms with E-state index >= 15 is 0 Å². The first-order valence-corrected chi connectivity index (χ1v) is 7.86. The third-order valence-electron chi connectivity index (χ3n) is 3.90. The van der Waals surface area contributed by atoms with E-state index in [1.807, 2.05) is 26.0 Å². The SMILES string of the molecule is CCc1nc2nnc3c(=O)n(-c4ccc(C)c(Cl)c4)ccc3n2n1. The van der Waals surface area contributed by atoms with Crippen LogP contribution in [0.1, 0.15) is 18.3 Å². The van der Waals surface area contributed by atoms with Crippen molar-refractivity contribution in [2.24, 2.45) is 0 Å². The Labute approximate surface area is 141 Å². The van der Waals surface area contributed by atoms with E-state index < -0.39 is 0 Å². The maximum atomic E-state index is 12.8. The van der Waals surface area contributed by atoms with Crippen molar-refractivity contribution in [1.82, 2.24) is 29.4 Å². The topological polar surface area (TPSA) is 78.0 Å². The zero-order valence-corrected chi connectivity index (χ0v) is 13.8. The van der Waals surface area contributed by atoms with Gasteiger partial charge in [0.15, 0.2) is 11.3 Å². The molecule has 0 fully saturated rings. The van der Waals surface area contributed by atoms with E-state index in [9.17, 15) is 4.79 Å². The summed E-state index contributed by atoms with van der Waals surface area (Å²) in [4.78, 5) is 17.1. The van der Waals surface area contributed by atoms with Gasteiger partial charge in [0.05, 0.1) is 5.69 Å². The molecule has 0 amide bonds. The van der Waals surface area contributed by atoms with E-state index in [4.69, 9.17) is 11.6 Å². The molecule has 7 nitrogen and oxygen atoms in total. The summed E-state index contributed by atoms with van der Waals surface area (Å²) in [5, 5.41) is 13.0. The third kappa shape index (κ3) is 2.16. The summed E-state index contributed by atoms with van der Waals surface area (Å²) in [5.41, 5.74) is 2.15. The van der Waals surface area contributed by atoms with Gasteiger partial charge >= 0.3 is 0 Å². The second kappa shape index (κ2) is 5.38. The van der Waals surface area contributed by atoms with Gasteiger partial charge in [-0.2, -0.15) is 9.50 Å². The molecule has 3 aromatic heterocycles. The fourth-order valence-corrected chi connectivity index (χ4v) is 2.71. The minimum atomic E-state index is -0.282. The predicted molar refractivity (Wildman–Crippen MR) is 90.8 cm³/mol. The van der Waals surface area contributed by atoms with Gasteiger partial charge in [0.2, 0.25) is 0 Å². The van der Waals surface area contributed by atoms with E-state index in [1.165, 1.54) is 4.57 Å². The highest BCUT2D eigenvalue weighted by Crippen LogP contribution is 2.19. The van der Waals surface area contributed by atoms with Crippen LogP contribution in [-0.2, 0) is 6.42 Å². The molecule has 0 aliphatic carbocycles. The smallest absolute Gasteiger partial charge is 0.282 e.